The van der Waals surface area contributed by atoms with E-state index in [0.717, 1.165) is 44.5 Å². The molecule has 156 valence electrons. The first-order valence-electron chi connectivity index (χ1n) is 10.3. The fourth-order valence-electron chi connectivity index (χ4n) is 3.72. The van der Waals surface area contributed by atoms with E-state index >= 15 is 0 Å². The van der Waals surface area contributed by atoms with Crippen molar-refractivity contribution in [3.63, 3.8) is 0 Å². The van der Waals surface area contributed by atoms with E-state index < -0.39 is 0 Å². The van der Waals surface area contributed by atoms with E-state index in [0.29, 0.717) is 0 Å². The first-order valence-corrected chi connectivity index (χ1v) is 10.3. The molecule has 5 aromatic rings. The van der Waals surface area contributed by atoms with Gasteiger partial charge in [0.05, 0.1) is 11.9 Å². The Bertz CT molecular complexity index is 1390. The van der Waals surface area contributed by atoms with Gasteiger partial charge < -0.3 is 0 Å². The van der Waals surface area contributed by atoms with Gasteiger partial charge in [-0.15, -0.1) is 71.3 Å². The molecular weight excluding hydrogens is 571 g/mol. The number of nitrogens with zero attached hydrogens (tertiary/aromatic N) is 2. The van der Waals surface area contributed by atoms with Crippen molar-refractivity contribution in [2.24, 2.45) is 4.99 Å². The van der Waals surface area contributed by atoms with Gasteiger partial charge in [-0.25, -0.2) is 0 Å². The third-order valence-corrected chi connectivity index (χ3v) is 5.21. The molecule has 2 nitrogen and oxygen atoms in total. The molecule has 0 radical (unpaired) electrons. The molecule has 3 heteroatoms. The molecule has 5 rings (SSSR count). The number of aryl methyl sites for hydroxylation is 1. The maximum atomic E-state index is 4.91. The van der Waals surface area contributed by atoms with E-state index in [-0.39, 0.29) is 21.1 Å². The van der Waals surface area contributed by atoms with Gasteiger partial charge in [-0.3, -0.25) is 9.98 Å². The standard InChI is InChI=1S/C29H20N2.Pt/c1-21-10-9-14-23(18-21)26-15-7-8-17-28(26)30-20-25-19-24-13-5-6-16-27(24)29(31-25)22-11-3-2-4-12-22;/h2-11,13,15-20H,1H3;/q-2;+2. The molecule has 0 amide bonds. The molecule has 1 aromatic heterocycles. The Kier molecular flexibility index (Phi) is 6.73. The summed E-state index contributed by atoms with van der Waals surface area (Å²) >= 11 is 0. The zero-order chi connectivity index (χ0) is 21.0. The normalized spacial score (nSPS) is 10.9. The summed E-state index contributed by atoms with van der Waals surface area (Å²) in [6.07, 6.45) is 1.84. The molecule has 0 N–H and O–H groups in total. The number of fused-ring (bicyclic) bond motifs is 1. The molecule has 32 heavy (non-hydrogen) atoms. The Labute approximate surface area is 203 Å². The topological polar surface area (TPSA) is 25.2 Å². The van der Waals surface area contributed by atoms with Crippen LogP contribution in [0.5, 0.6) is 0 Å². The van der Waals surface area contributed by atoms with Crippen LogP contribution < -0.4 is 0 Å². The molecule has 0 fully saturated rings. The fraction of sp³-hybridized carbons (Fsp3) is 0.0345. The molecule has 0 aliphatic rings. The van der Waals surface area contributed by atoms with Crippen LogP contribution in [0.4, 0.5) is 5.69 Å². The largest absolute Gasteiger partial charge is 2.00 e. The van der Waals surface area contributed by atoms with Crippen LogP contribution in [0, 0.1) is 19.1 Å². The van der Waals surface area contributed by atoms with Crippen molar-refractivity contribution in [2.75, 3.05) is 0 Å². The van der Waals surface area contributed by atoms with Crippen molar-refractivity contribution in [3.05, 3.63) is 120 Å². The summed E-state index contributed by atoms with van der Waals surface area (Å²) in [5, 5.41) is 2.24. The minimum Gasteiger partial charge on any atom is -0.295 e. The summed E-state index contributed by atoms with van der Waals surface area (Å²) in [6.45, 7) is 2.09. The van der Waals surface area contributed by atoms with Crippen LogP contribution in [0.25, 0.3) is 33.2 Å². The van der Waals surface area contributed by atoms with Crippen molar-refractivity contribution in [1.82, 2.24) is 4.98 Å². The van der Waals surface area contributed by atoms with Crippen LogP contribution in [0.2, 0.25) is 0 Å². The predicted molar refractivity (Wildman–Crippen MR) is 129 cm³/mol. The Morgan fingerprint density at radius 2 is 1.56 bits per heavy atom. The molecule has 0 unspecified atom stereocenters. The van der Waals surface area contributed by atoms with Crippen LogP contribution in [0.1, 0.15) is 11.3 Å². The number of pyridine rings is 1. The van der Waals surface area contributed by atoms with E-state index in [2.05, 4.69) is 55.5 Å². The number of hydrogen-bond donors (Lipinski definition) is 0. The SMILES string of the molecule is Cc1cc[c-]c(-c2ccccc2N=Cc2cc3ccccc3c(-c3[c-]cccc3)n2)c1.[Pt+2]. The van der Waals surface area contributed by atoms with Gasteiger partial charge in [0.1, 0.15) is 0 Å². The third kappa shape index (κ3) is 4.61. The number of aromatic nitrogens is 1. The zero-order valence-electron chi connectivity index (χ0n) is 17.5. The summed E-state index contributed by atoms with van der Waals surface area (Å²) in [6, 6.07) is 39.2. The van der Waals surface area contributed by atoms with E-state index in [1.807, 2.05) is 66.9 Å². The quantitative estimate of drug-likeness (QED) is 0.160. The smallest absolute Gasteiger partial charge is 0.295 e. The molecule has 4 aromatic carbocycles. The maximum Gasteiger partial charge on any atom is 2.00 e. The number of hydrogen-bond acceptors (Lipinski definition) is 2. The van der Waals surface area contributed by atoms with E-state index in [9.17, 15) is 0 Å². The van der Waals surface area contributed by atoms with Gasteiger partial charge in [-0.2, -0.15) is 0 Å². The summed E-state index contributed by atoms with van der Waals surface area (Å²) in [5.74, 6) is 0. The van der Waals surface area contributed by atoms with E-state index in [4.69, 9.17) is 9.98 Å². The van der Waals surface area contributed by atoms with Gasteiger partial charge in [0.15, 0.2) is 0 Å². The molecule has 0 aliphatic carbocycles. The van der Waals surface area contributed by atoms with Gasteiger partial charge in [-0.1, -0.05) is 55.0 Å². The van der Waals surface area contributed by atoms with E-state index in [1.54, 1.807) is 0 Å². The molecule has 0 aliphatic heterocycles. The van der Waals surface area contributed by atoms with E-state index in [1.165, 1.54) is 5.56 Å². The second-order valence-corrected chi connectivity index (χ2v) is 7.45. The average Bonchev–Trinajstić information content (AvgIpc) is 2.83. The molecular formula is C29H20N2Pt. The summed E-state index contributed by atoms with van der Waals surface area (Å²) in [7, 11) is 0. The second kappa shape index (κ2) is 9.85. The van der Waals surface area contributed by atoms with Crippen molar-refractivity contribution < 1.29 is 21.1 Å². The predicted octanol–water partition coefficient (Wildman–Crippen LogP) is 7.23. The van der Waals surface area contributed by atoms with Gasteiger partial charge >= 0.3 is 21.1 Å². The Hall–Kier alpha value is -3.35. The van der Waals surface area contributed by atoms with Gasteiger partial charge in [-0.05, 0) is 28.6 Å². The van der Waals surface area contributed by atoms with Crippen molar-refractivity contribution in [2.45, 2.75) is 6.92 Å². The van der Waals surface area contributed by atoms with Gasteiger partial charge in [0, 0.05) is 5.69 Å². The number of benzene rings is 4. The molecule has 0 spiro atoms. The van der Waals surface area contributed by atoms with Crippen molar-refractivity contribution in [1.29, 1.82) is 0 Å². The molecule has 0 atom stereocenters. The zero-order valence-corrected chi connectivity index (χ0v) is 19.8. The number of rotatable bonds is 4. The number of para-hydroxylation sites is 1. The average molecular weight is 592 g/mol. The summed E-state index contributed by atoms with van der Waals surface area (Å²) in [5.41, 5.74) is 6.90. The monoisotopic (exact) mass is 591 g/mol. The van der Waals surface area contributed by atoms with Crippen molar-refractivity contribution >= 4 is 22.7 Å². The van der Waals surface area contributed by atoms with Crippen LogP contribution in [0.15, 0.2) is 102 Å². The fourth-order valence-corrected chi connectivity index (χ4v) is 3.72. The second-order valence-electron chi connectivity index (χ2n) is 7.45. The first kappa shape index (κ1) is 21.9. The Morgan fingerprint density at radius 1 is 0.781 bits per heavy atom. The third-order valence-electron chi connectivity index (χ3n) is 5.21. The summed E-state index contributed by atoms with van der Waals surface area (Å²) < 4.78 is 0. The maximum absolute atomic E-state index is 4.91. The van der Waals surface area contributed by atoms with Crippen molar-refractivity contribution in [3.8, 4) is 22.4 Å². The van der Waals surface area contributed by atoms with Crippen LogP contribution in [-0.2, 0) is 21.1 Å². The van der Waals surface area contributed by atoms with Crippen LogP contribution in [-0.4, -0.2) is 11.2 Å². The Morgan fingerprint density at radius 3 is 2.41 bits per heavy atom. The summed E-state index contributed by atoms with van der Waals surface area (Å²) in [4.78, 5) is 9.72. The molecule has 1 heterocycles. The molecule has 0 bridgehead atoms. The van der Waals surface area contributed by atoms with Crippen LogP contribution >= 0.6 is 0 Å². The molecule has 0 saturated carbocycles. The first-order chi connectivity index (χ1) is 15.3. The van der Waals surface area contributed by atoms with Gasteiger partial charge in [0.25, 0.3) is 0 Å². The number of aliphatic imine (C=N–C) groups is 1. The minimum absolute atomic E-state index is 0. The minimum atomic E-state index is 0. The van der Waals surface area contributed by atoms with Crippen LogP contribution in [0.3, 0.4) is 0 Å². The molecule has 0 saturated heterocycles. The Balaban J connectivity index is 0.00000245. The van der Waals surface area contributed by atoms with Gasteiger partial charge in [0.2, 0.25) is 0 Å².